The SMILES string of the molecule is O=C1[C@H](O)[C@H](Cc2ccccc2)N1c1ccccc1. The van der Waals surface area contributed by atoms with Gasteiger partial charge in [-0.2, -0.15) is 0 Å². The molecule has 1 amide bonds. The van der Waals surface area contributed by atoms with Crippen LogP contribution in [0.2, 0.25) is 0 Å². The van der Waals surface area contributed by atoms with Crippen LogP contribution in [-0.4, -0.2) is 23.2 Å². The van der Waals surface area contributed by atoms with Gasteiger partial charge in [-0.25, -0.2) is 0 Å². The molecule has 3 rings (SSSR count). The first kappa shape index (κ1) is 11.9. The molecule has 96 valence electrons. The Balaban J connectivity index is 1.82. The summed E-state index contributed by atoms with van der Waals surface area (Å²) >= 11 is 0. The van der Waals surface area contributed by atoms with Crippen LogP contribution in [-0.2, 0) is 11.2 Å². The molecule has 1 aliphatic rings. The van der Waals surface area contributed by atoms with Crippen LogP contribution < -0.4 is 4.90 Å². The first-order chi connectivity index (χ1) is 9.27. The van der Waals surface area contributed by atoms with Crippen LogP contribution in [0.3, 0.4) is 0 Å². The molecular formula is C16H15NO2. The summed E-state index contributed by atoms with van der Waals surface area (Å²) in [6.45, 7) is 0. The number of anilines is 1. The van der Waals surface area contributed by atoms with Crippen molar-refractivity contribution in [2.75, 3.05) is 4.90 Å². The largest absolute Gasteiger partial charge is 0.381 e. The van der Waals surface area contributed by atoms with Crippen LogP contribution in [0, 0.1) is 0 Å². The minimum atomic E-state index is -0.889. The molecule has 2 atom stereocenters. The quantitative estimate of drug-likeness (QED) is 0.850. The fourth-order valence-corrected chi connectivity index (χ4v) is 2.50. The lowest BCUT2D eigenvalue weighted by Crippen LogP contribution is -2.66. The van der Waals surface area contributed by atoms with Gasteiger partial charge in [0.1, 0.15) is 0 Å². The molecule has 1 saturated heterocycles. The van der Waals surface area contributed by atoms with Gasteiger partial charge in [0, 0.05) is 5.69 Å². The standard InChI is InChI=1S/C16H15NO2/c18-15-14(11-12-7-3-1-4-8-12)17(16(15)19)13-9-5-2-6-10-13/h1-10,14-15,18H,11H2/t14-,15+/m0/s1. The first-order valence-corrected chi connectivity index (χ1v) is 6.37. The summed E-state index contributed by atoms with van der Waals surface area (Å²) in [5, 5.41) is 9.88. The van der Waals surface area contributed by atoms with Gasteiger partial charge >= 0.3 is 0 Å². The van der Waals surface area contributed by atoms with Crippen molar-refractivity contribution < 1.29 is 9.90 Å². The van der Waals surface area contributed by atoms with Crippen LogP contribution in [0.1, 0.15) is 5.56 Å². The molecule has 0 radical (unpaired) electrons. The Labute approximate surface area is 112 Å². The number of carbonyl (C=O) groups excluding carboxylic acids is 1. The van der Waals surface area contributed by atoms with Gasteiger partial charge in [0.15, 0.2) is 6.10 Å². The Morgan fingerprint density at radius 3 is 2.16 bits per heavy atom. The molecule has 2 aromatic rings. The van der Waals surface area contributed by atoms with Crippen LogP contribution in [0.5, 0.6) is 0 Å². The molecule has 19 heavy (non-hydrogen) atoms. The molecule has 1 fully saturated rings. The lowest BCUT2D eigenvalue weighted by molar-refractivity contribution is -0.136. The second kappa shape index (κ2) is 4.86. The van der Waals surface area contributed by atoms with Crippen molar-refractivity contribution >= 4 is 11.6 Å². The third-order valence-corrected chi connectivity index (χ3v) is 3.51. The van der Waals surface area contributed by atoms with E-state index in [1.165, 1.54) is 0 Å². The highest BCUT2D eigenvalue weighted by molar-refractivity contribution is 6.04. The van der Waals surface area contributed by atoms with Gasteiger partial charge in [0.25, 0.3) is 5.91 Å². The van der Waals surface area contributed by atoms with Crippen molar-refractivity contribution in [1.82, 2.24) is 0 Å². The van der Waals surface area contributed by atoms with Crippen molar-refractivity contribution in [3.8, 4) is 0 Å². The molecule has 2 aromatic carbocycles. The highest BCUT2D eigenvalue weighted by Gasteiger charge is 2.46. The molecule has 1 heterocycles. The van der Waals surface area contributed by atoms with Gasteiger partial charge in [0.05, 0.1) is 6.04 Å². The average Bonchev–Trinajstić information content (AvgIpc) is 2.48. The van der Waals surface area contributed by atoms with Gasteiger partial charge in [-0.3, -0.25) is 4.79 Å². The molecule has 0 aromatic heterocycles. The average molecular weight is 253 g/mol. The number of nitrogens with zero attached hydrogens (tertiary/aromatic N) is 1. The number of β-lactam (4-membered cyclic amide) rings is 1. The van der Waals surface area contributed by atoms with Crippen molar-refractivity contribution in [3.05, 3.63) is 66.2 Å². The van der Waals surface area contributed by atoms with Gasteiger partial charge in [0.2, 0.25) is 0 Å². The minimum absolute atomic E-state index is 0.169. The summed E-state index contributed by atoms with van der Waals surface area (Å²) in [4.78, 5) is 13.5. The number of para-hydroxylation sites is 1. The maximum absolute atomic E-state index is 11.8. The Morgan fingerprint density at radius 2 is 1.53 bits per heavy atom. The van der Waals surface area contributed by atoms with E-state index in [1.807, 2.05) is 60.7 Å². The molecular weight excluding hydrogens is 238 g/mol. The topological polar surface area (TPSA) is 40.5 Å². The lowest BCUT2D eigenvalue weighted by atomic mass is 9.90. The fraction of sp³-hybridized carbons (Fsp3) is 0.188. The van der Waals surface area contributed by atoms with E-state index in [0.717, 1.165) is 11.3 Å². The number of aliphatic hydroxyl groups is 1. The second-order valence-electron chi connectivity index (χ2n) is 4.75. The van der Waals surface area contributed by atoms with E-state index in [1.54, 1.807) is 4.90 Å². The highest BCUT2D eigenvalue weighted by Crippen LogP contribution is 2.30. The van der Waals surface area contributed by atoms with Crippen LogP contribution in [0.4, 0.5) is 5.69 Å². The Morgan fingerprint density at radius 1 is 0.947 bits per heavy atom. The molecule has 1 aliphatic heterocycles. The lowest BCUT2D eigenvalue weighted by Gasteiger charge is -2.44. The van der Waals surface area contributed by atoms with Crippen LogP contribution in [0.25, 0.3) is 0 Å². The Kier molecular flexibility index (Phi) is 3.05. The minimum Gasteiger partial charge on any atom is -0.381 e. The van der Waals surface area contributed by atoms with E-state index < -0.39 is 6.10 Å². The van der Waals surface area contributed by atoms with Gasteiger partial charge in [-0.1, -0.05) is 48.5 Å². The normalized spacial score (nSPS) is 22.2. The predicted octanol–water partition coefficient (Wildman–Crippen LogP) is 2.01. The zero-order valence-electron chi connectivity index (χ0n) is 10.4. The zero-order valence-corrected chi connectivity index (χ0v) is 10.4. The second-order valence-corrected chi connectivity index (χ2v) is 4.75. The molecule has 0 bridgehead atoms. The summed E-state index contributed by atoms with van der Waals surface area (Å²) in [6.07, 6.45) is -0.219. The number of benzene rings is 2. The number of carbonyl (C=O) groups is 1. The predicted molar refractivity (Wildman–Crippen MR) is 73.9 cm³/mol. The van der Waals surface area contributed by atoms with Crippen molar-refractivity contribution in [3.63, 3.8) is 0 Å². The molecule has 1 N–H and O–H groups in total. The summed E-state index contributed by atoms with van der Waals surface area (Å²) in [7, 11) is 0. The molecule has 0 spiro atoms. The van der Waals surface area contributed by atoms with Gasteiger partial charge in [-0.15, -0.1) is 0 Å². The maximum atomic E-state index is 11.8. The van der Waals surface area contributed by atoms with E-state index in [0.29, 0.717) is 6.42 Å². The third-order valence-electron chi connectivity index (χ3n) is 3.51. The Hall–Kier alpha value is -2.13. The molecule has 0 unspecified atom stereocenters. The summed E-state index contributed by atoms with van der Waals surface area (Å²) in [5.41, 5.74) is 1.97. The van der Waals surface area contributed by atoms with Gasteiger partial charge < -0.3 is 10.0 Å². The van der Waals surface area contributed by atoms with Crippen LogP contribution >= 0.6 is 0 Å². The van der Waals surface area contributed by atoms with E-state index in [-0.39, 0.29) is 11.9 Å². The smallest absolute Gasteiger partial charge is 0.258 e. The molecule has 3 nitrogen and oxygen atoms in total. The highest BCUT2D eigenvalue weighted by atomic mass is 16.3. The number of hydrogen-bond acceptors (Lipinski definition) is 2. The number of aliphatic hydroxyl groups excluding tert-OH is 1. The number of amides is 1. The fourth-order valence-electron chi connectivity index (χ4n) is 2.50. The summed E-state index contributed by atoms with van der Waals surface area (Å²) < 4.78 is 0. The van der Waals surface area contributed by atoms with E-state index >= 15 is 0 Å². The van der Waals surface area contributed by atoms with Crippen molar-refractivity contribution in [1.29, 1.82) is 0 Å². The Bertz CT molecular complexity index is 568. The number of hydrogen-bond donors (Lipinski definition) is 1. The first-order valence-electron chi connectivity index (χ1n) is 6.37. The van der Waals surface area contributed by atoms with E-state index in [4.69, 9.17) is 0 Å². The van der Waals surface area contributed by atoms with Crippen molar-refractivity contribution in [2.45, 2.75) is 18.6 Å². The van der Waals surface area contributed by atoms with Crippen LogP contribution in [0.15, 0.2) is 60.7 Å². The maximum Gasteiger partial charge on any atom is 0.258 e. The van der Waals surface area contributed by atoms with Crippen molar-refractivity contribution in [2.24, 2.45) is 0 Å². The third kappa shape index (κ3) is 2.13. The number of rotatable bonds is 3. The molecule has 0 aliphatic carbocycles. The van der Waals surface area contributed by atoms with Gasteiger partial charge in [-0.05, 0) is 24.1 Å². The van der Waals surface area contributed by atoms with E-state index in [2.05, 4.69) is 0 Å². The zero-order chi connectivity index (χ0) is 13.2. The summed E-state index contributed by atoms with van der Waals surface area (Å²) in [5.74, 6) is -0.216. The summed E-state index contributed by atoms with van der Waals surface area (Å²) in [6, 6.07) is 19.2. The molecule has 0 saturated carbocycles. The monoisotopic (exact) mass is 253 g/mol. The van der Waals surface area contributed by atoms with E-state index in [9.17, 15) is 9.90 Å². The molecule has 3 heteroatoms.